The van der Waals surface area contributed by atoms with Crippen LogP contribution in [0.5, 0.6) is 0 Å². The van der Waals surface area contributed by atoms with Crippen molar-refractivity contribution in [1.82, 2.24) is 4.90 Å². The number of benzene rings is 2. The number of carbonyl (C=O) groups excluding carboxylic acids is 2. The molecule has 2 fully saturated rings. The van der Waals surface area contributed by atoms with E-state index in [0.717, 1.165) is 33.2 Å². The van der Waals surface area contributed by atoms with E-state index in [1.165, 1.54) is 0 Å². The van der Waals surface area contributed by atoms with E-state index in [9.17, 15) is 14.7 Å². The fourth-order valence-corrected chi connectivity index (χ4v) is 6.11. The van der Waals surface area contributed by atoms with Gasteiger partial charge in [0, 0.05) is 21.6 Å². The highest BCUT2D eigenvalue weighted by atomic mass is 127. The van der Waals surface area contributed by atoms with Gasteiger partial charge in [0.15, 0.2) is 5.60 Å². The minimum atomic E-state index is -1.05. The van der Waals surface area contributed by atoms with E-state index < -0.39 is 5.60 Å². The van der Waals surface area contributed by atoms with Gasteiger partial charge >= 0.3 is 0 Å². The maximum atomic E-state index is 13.9. The number of aliphatic hydroxyl groups is 1. The Morgan fingerprint density at radius 1 is 1.21 bits per heavy atom. The first-order valence-electron chi connectivity index (χ1n) is 11.7. The monoisotopic (exact) mass is 560 g/mol. The highest BCUT2D eigenvalue weighted by molar-refractivity contribution is 14.1. The van der Waals surface area contributed by atoms with Gasteiger partial charge in [-0.25, -0.2) is 0 Å². The number of halogens is 1. The summed E-state index contributed by atoms with van der Waals surface area (Å²) in [5, 5.41) is 9.59. The molecule has 3 heterocycles. The Balaban J connectivity index is 1.40. The van der Waals surface area contributed by atoms with E-state index in [-0.39, 0.29) is 42.9 Å². The number of anilines is 1. The zero-order valence-corrected chi connectivity index (χ0v) is 20.9. The van der Waals surface area contributed by atoms with Gasteiger partial charge in [0.05, 0.1) is 37.4 Å². The van der Waals surface area contributed by atoms with E-state index >= 15 is 0 Å². The molecule has 0 saturated carbocycles. The molecule has 3 aliphatic rings. The Morgan fingerprint density at radius 3 is 2.73 bits per heavy atom. The van der Waals surface area contributed by atoms with Crippen molar-refractivity contribution >= 4 is 40.1 Å². The maximum Gasteiger partial charge on any atom is 0.264 e. The summed E-state index contributed by atoms with van der Waals surface area (Å²) < 4.78 is 7.70. The predicted molar refractivity (Wildman–Crippen MR) is 134 cm³/mol. The van der Waals surface area contributed by atoms with Gasteiger partial charge in [-0.15, -0.1) is 0 Å². The van der Waals surface area contributed by atoms with Gasteiger partial charge in [-0.2, -0.15) is 0 Å². The maximum absolute atomic E-state index is 13.9. The summed E-state index contributed by atoms with van der Waals surface area (Å²) >= 11 is 2.28. The SMILES string of the molecule is C[C@H]1C[C@@H](CC(=O)N2CCC[C@H]2CO)O[C@]12C(=O)N(Cc1ccc(I)cc1)c1ccccc12. The van der Waals surface area contributed by atoms with Gasteiger partial charge in [-0.1, -0.05) is 37.3 Å². The molecular formula is C26H29IN2O4. The number of likely N-dealkylation sites (tertiary alicyclic amines) is 1. The van der Waals surface area contributed by atoms with E-state index in [1.54, 1.807) is 4.90 Å². The van der Waals surface area contributed by atoms with E-state index in [0.29, 0.717) is 19.5 Å². The van der Waals surface area contributed by atoms with Crippen LogP contribution in [0, 0.1) is 9.49 Å². The Kier molecular flexibility index (Phi) is 6.22. The molecule has 3 aliphatic heterocycles. The van der Waals surface area contributed by atoms with Crippen LogP contribution in [0.4, 0.5) is 5.69 Å². The molecule has 2 amide bonds. The minimum absolute atomic E-state index is 0.00301. The lowest BCUT2D eigenvalue weighted by Gasteiger charge is -2.29. The van der Waals surface area contributed by atoms with Crippen LogP contribution in [-0.2, 0) is 26.5 Å². The number of hydrogen-bond acceptors (Lipinski definition) is 4. The fraction of sp³-hybridized carbons (Fsp3) is 0.462. The second kappa shape index (κ2) is 9.00. The zero-order chi connectivity index (χ0) is 23.2. The Hall–Kier alpha value is -1.97. The van der Waals surface area contributed by atoms with Crippen molar-refractivity contribution in [2.75, 3.05) is 18.1 Å². The van der Waals surface area contributed by atoms with E-state index in [1.807, 2.05) is 41.3 Å². The molecule has 6 nitrogen and oxygen atoms in total. The van der Waals surface area contributed by atoms with Crippen LogP contribution in [0.15, 0.2) is 48.5 Å². The average Bonchev–Trinajstić information content (AvgIpc) is 3.48. The summed E-state index contributed by atoms with van der Waals surface area (Å²) in [7, 11) is 0. The minimum Gasteiger partial charge on any atom is -0.394 e. The molecule has 0 radical (unpaired) electrons. The van der Waals surface area contributed by atoms with Crippen molar-refractivity contribution in [2.24, 2.45) is 5.92 Å². The molecule has 5 rings (SSSR count). The van der Waals surface area contributed by atoms with Crippen molar-refractivity contribution < 1.29 is 19.4 Å². The zero-order valence-electron chi connectivity index (χ0n) is 18.7. The summed E-state index contributed by atoms with van der Waals surface area (Å²) in [6.45, 7) is 3.22. The van der Waals surface area contributed by atoms with Crippen LogP contribution < -0.4 is 4.90 Å². The summed E-state index contributed by atoms with van der Waals surface area (Å²) in [6, 6.07) is 16.0. The summed E-state index contributed by atoms with van der Waals surface area (Å²) in [4.78, 5) is 30.5. The first-order valence-corrected chi connectivity index (χ1v) is 12.8. The van der Waals surface area contributed by atoms with Gasteiger partial charge < -0.3 is 19.6 Å². The lowest BCUT2D eigenvalue weighted by molar-refractivity contribution is -0.150. The number of nitrogens with zero attached hydrogens (tertiary/aromatic N) is 2. The molecule has 0 aliphatic carbocycles. The number of amides is 2. The lowest BCUT2D eigenvalue weighted by Crippen LogP contribution is -2.44. The molecule has 7 heteroatoms. The molecule has 2 aromatic carbocycles. The van der Waals surface area contributed by atoms with Crippen molar-refractivity contribution in [3.8, 4) is 0 Å². The number of hydrogen-bond donors (Lipinski definition) is 1. The number of para-hydroxylation sites is 1. The van der Waals surface area contributed by atoms with Gasteiger partial charge in [-0.3, -0.25) is 9.59 Å². The largest absolute Gasteiger partial charge is 0.394 e. The molecule has 2 aromatic rings. The molecular weight excluding hydrogens is 531 g/mol. The fourth-order valence-electron chi connectivity index (χ4n) is 5.75. The number of rotatable bonds is 5. The number of carbonyl (C=O) groups is 2. The summed E-state index contributed by atoms with van der Waals surface area (Å²) in [5.41, 5.74) is 1.81. The van der Waals surface area contributed by atoms with Crippen molar-refractivity contribution in [1.29, 1.82) is 0 Å². The van der Waals surface area contributed by atoms with E-state index in [4.69, 9.17) is 4.74 Å². The van der Waals surface area contributed by atoms with Crippen LogP contribution in [0.25, 0.3) is 0 Å². The van der Waals surface area contributed by atoms with Crippen LogP contribution in [0.2, 0.25) is 0 Å². The Bertz CT molecular complexity index is 1060. The first kappa shape index (κ1) is 22.8. The highest BCUT2D eigenvalue weighted by Gasteiger charge is 2.60. The predicted octanol–water partition coefficient (Wildman–Crippen LogP) is 3.83. The van der Waals surface area contributed by atoms with Crippen LogP contribution in [0.1, 0.15) is 43.7 Å². The van der Waals surface area contributed by atoms with Crippen molar-refractivity contribution in [3.63, 3.8) is 0 Å². The van der Waals surface area contributed by atoms with Crippen molar-refractivity contribution in [2.45, 2.75) is 56.9 Å². The molecule has 2 saturated heterocycles. The number of fused-ring (bicyclic) bond motifs is 2. The van der Waals surface area contributed by atoms with Crippen LogP contribution >= 0.6 is 22.6 Å². The smallest absolute Gasteiger partial charge is 0.264 e. The van der Waals surface area contributed by atoms with Gasteiger partial charge in [-0.05, 0) is 65.6 Å². The quantitative estimate of drug-likeness (QED) is 0.565. The van der Waals surface area contributed by atoms with Gasteiger partial charge in [0.25, 0.3) is 5.91 Å². The normalized spacial score (nSPS) is 28.7. The number of aliphatic hydroxyl groups excluding tert-OH is 1. The van der Waals surface area contributed by atoms with E-state index in [2.05, 4.69) is 41.6 Å². The van der Waals surface area contributed by atoms with Crippen molar-refractivity contribution in [3.05, 3.63) is 63.2 Å². The average molecular weight is 560 g/mol. The number of ether oxygens (including phenoxy) is 1. The van der Waals surface area contributed by atoms with Crippen LogP contribution in [0.3, 0.4) is 0 Å². The van der Waals surface area contributed by atoms with Gasteiger partial charge in [0.2, 0.25) is 5.91 Å². The molecule has 0 unspecified atom stereocenters. The molecule has 1 N–H and O–H groups in total. The van der Waals surface area contributed by atoms with Gasteiger partial charge in [0.1, 0.15) is 0 Å². The second-order valence-corrected chi connectivity index (χ2v) is 10.7. The summed E-state index contributed by atoms with van der Waals surface area (Å²) in [5.74, 6) is -0.0766. The molecule has 0 aromatic heterocycles. The Morgan fingerprint density at radius 2 is 1.97 bits per heavy atom. The molecule has 33 heavy (non-hydrogen) atoms. The lowest BCUT2D eigenvalue weighted by atomic mass is 9.83. The first-order chi connectivity index (χ1) is 15.9. The molecule has 0 bridgehead atoms. The third-order valence-electron chi connectivity index (χ3n) is 7.39. The second-order valence-electron chi connectivity index (χ2n) is 9.42. The highest BCUT2D eigenvalue weighted by Crippen LogP contribution is 2.53. The van der Waals surface area contributed by atoms with Crippen LogP contribution in [-0.4, -0.2) is 47.1 Å². The molecule has 4 atom stereocenters. The molecule has 174 valence electrons. The molecule has 1 spiro atoms. The topological polar surface area (TPSA) is 70.1 Å². The standard InChI is InChI=1S/C26H29IN2O4/c1-17-13-21(14-24(31)28-12-4-5-20(28)16-30)33-26(17)22-6-2-3-7-23(22)29(25(26)32)15-18-8-10-19(27)11-9-18/h2-3,6-11,17,20-21,30H,4-5,12-16H2,1H3/t17-,20-,21-,26+/m0/s1. The summed E-state index contributed by atoms with van der Waals surface area (Å²) in [6.07, 6.45) is 2.34. The third-order valence-corrected chi connectivity index (χ3v) is 8.10. The Labute approximate surface area is 208 Å². The third kappa shape index (κ3) is 3.88.